The molecule has 0 atom stereocenters. The van der Waals surface area contributed by atoms with E-state index in [1.807, 2.05) is 59.2 Å². The van der Waals surface area contributed by atoms with Gasteiger partial charge in [-0.2, -0.15) is 5.26 Å². The van der Waals surface area contributed by atoms with Gasteiger partial charge in [0.05, 0.1) is 41.9 Å². The molecule has 0 aliphatic heterocycles. The van der Waals surface area contributed by atoms with Gasteiger partial charge in [-0.1, -0.05) is 6.07 Å². The topological polar surface area (TPSA) is 63.2 Å². The Morgan fingerprint density at radius 2 is 2.04 bits per heavy atom. The molecular formula is C20H16N4OS. The zero-order valence-electron chi connectivity index (χ0n) is 14.2. The number of hydrogen-bond donors (Lipinski definition) is 0. The Bertz CT molecular complexity index is 1070. The van der Waals surface area contributed by atoms with Gasteiger partial charge in [-0.05, 0) is 43.3 Å². The summed E-state index contributed by atoms with van der Waals surface area (Å²) in [6.07, 6.45) is 2.05. The molecule has 0 saturated carbocycles. The van der Waals surface area contributed by atoms with Crippen molar-refractivity contribution in [1.82, 2.24) is 14.4 Å². The normalized spacial score (nSPS) is 10.8. The van der Waals surface area contributed by atoms with Gasteiger partial charge in [0.1, 0.15) is 5.75 Å². The Balaban J connectivity index is 1.87. The summed E-state index contributed by atoms with van der Waals surface area (Å²) >= 11 is 1.55. The Labute approximate surface area is 155 Å². The molecule has 3 aromatic heterocycles. The van der Waals surface area contributed by atoms with E-state index in [9.17, 15) is 5.26 Å². The lowest BCUT2D eigenvalue weighted by molar-refractivity contribution is 0.340. The van der Waals surface area contributed by atoms with Crippen LogP contribution in [0.2, 0.25) is 0 Å². The molecule has 0 spiro atoms. The van der Waals surface area contributed by atoms with Crippen LogP contribution in [0.5, 0.6) is 5.75 Å². The average molecular weight is 360 g/mol. The second-order valence-electron chi connectivity index (χ2n) is 5.65. The van der Waals surface area contributed by atoms with Crippen molar-refractivity contribution in [2.24, 2.45) is 0 Å². The molecule has 0 fully saturated rings. The fourth-order valence-electron chi connectivity index (χ4n) is 2.95. The highest BCUT2D eigenvalue weighted by Gasteiger charge is 2.19. The smallest absolute Gasteiger partial charge is 0.195 e. The van der Waals surface area contributed by atoms with Crippen LogP contribution in [-0.4, -0.2) is 21.0 Å². The number of pyridine rings is 1. The highest BCUT2D eigenvalue weighted by atomic mass is 32.1. The second kappa shape index (κ2) is 6.98. The monoisotopic (exact) mass is 360 g/mol. The third-order valence-corrected chi connectivity index (χ3v) is 4.90. The molecule has 3 heterocycles. The lowest BCUT2D eigenvalue weighted by Gasteiger charge is -2.06. The molecule has 128 valence electrons. The van der Waals surface area contributed by atoms with Gasteiger partial charge in [0.25, 0.3) is 0 Å². The van der Waals surface area contributed by atoms with E-state index in [-0.39, 0.29) is 6.42 Å². The summed E-state index contributed by atoms with van der Waals surface area (Å²) in [5, 5.41) is 11.4. The fraction of sp³-hybridized carbons (Fsp3) is 0.150. The van der Waals surface area contributed by atoms with E-state index >= 15 is 0 Å². The van der Waals surface area contributed by atoms with Gasteiger partial charge < -0.3 is 4.74 Å². The lowest BCUT2D eigenvalue weighted by atomic mass is 10.1. The van der Waals surface area contributed by atoms with E-state index in [1.165, 1.54) is 0 Å². The van der Waals surface area contributed by atoms with Gasteiger partial charge in [0.15, 0.2) is 4.96 Å². The number of thiazole rings is 1. The minimum Gasteiger partial charge on any atom is -0.494 e. The maximum Gasteiger partial charge on any atom is 0.195 e. The van der Waals surface area contributed by atoms with Crippen LogP contribution in [0.15, 0.2) is 54.0 Å². The number of fused-ring (bicyclic) bond motifs is 1. The number of rotatable bonds is 5. The molecule has 5 nitrogen and oxygen atoms in total. The highest BCUT2D eigenvalue weighted by Crippen LogP contribution is 2.33. The molecule has 4 rings (SSSR count). The standard InChI is InChI=1S/C20H16N4OS/c1-2-25-15-8-6-14(7-9-15)19-17(10-11-21)24-18(13-26-20(24)23-19)16-5-3-4-12-22-16/h3-9,12-13H,2,10H2,1H3. The van der Waals surface area contributed by atoms with Gasteiger partial charge in [-0.3, -0.25) is 9.38 Å². The van der Waals surface area contributed by atoms with Crippen molar-refractivity contribution < 1.29 is 4.74 Å². The van der Waals surface area contributed by atoms with Gasteiger partial charge in [-0.15, -0.1) is 11.3 Å². The maximum absolute atomic E-state index is 9.36. The van der Waals surface area contributed by atoms with Crippen LogP contribution >= 0.6 is 11.3 Å². The SMILES string of the molecule is CCOc1ccc(-c2nc3scc(-c4ccccn4)n3c2CC#N)cc1. The molecule has 0 saturated heterocycles. The van der Waals surface area contributed by atoms with Crippen molar-refractivity contribution in [2.75, 3.05) is 6.61 Å². The summed E-state index contributed by atoms with van der Waals surface area (Å²) in [6, 6.07) is 15.9. The van der Waals surface area contributed by atoms with Gasteiger partial charge in [0, 0.05) is 17.1 Å². The second-order valence-corrected chi connectivity index (χ2v) is 6.49. The average Bonchev–Trinajstić information content (AvgIpc) is 3.24. The Morgan fingerprint density at radius 3 is 2.73 bits per heavy atom. The molecule has 4 aromatic rings. The number of ether oxygens (including phenoxy) is 1. The number of nitriles is 1. The van der Waals surface area contributed by atoms with Crippen LogP contribution in [0.25, 0.3) is 27.6 Å². The predicted molar refractivity (Wildman–Crippen MR) is 102 cm³/mol. The zero-order valence-corrected chi connectivity index (χ0v) is 15.0. The summed E-state index contributed by atoms with van der Waals surface area (Å²) in [6.45, 7) is 2.59. The fourth-order valence-corrected chi connectivity index (χ4v) is 3.86. The van der Waals surface area contributed by atoms with Gasteiger partial charge >= 0.3 is 0 Å². The highest BCUT2D eigenvalue weighted by molar-refractivity contribution is 7.15. The number of nitrogens with zero attached hydrogens (tertiary/aromatic N) is 4. The first kappa shape index (κ1) is 16.3. The maximum atomic E-state index is 9.36. The van der Waals surface area contributed by atoms with Crippen molar-refractivity contribution in [1.29, 1.82) is 5.26 Å². The molecule has 26 heavy (non-hydrogen) atoms. The Morgan fingerprint density at radius 1 is 1.19 bits per heavy atom. The van der Waals surface area contributed by atoms with Crippen molar-refractivity contribution >= 4 is 16.3 Å². The number of hydrogen-bond acceptors (Lipinski definition) is 5. The Hall–Kier alpha value is -3.17. The first-order chi connectivity index (χ1) is 12.8. The molecule has 1 aromatic carbocycles. The van der Waals surface area contributed by atoms with Gasteiger partial charge in [-0.25, -0.2) is 4.98 Å². The van der Waals surface area contributed by atoms with Crippen molar-refractivity contribution in [2.45, 2.75) is 13.3 Å². The molecule has 0 N–H and O–H groups in total. The zero-order chi connectivity index (χ0) is 17.9. The molecule has 0 amide bonds. The van der Waals surface area contributed by atoms with Crippen LogP contribution in [0.4, 0.5) is 0 Å². The molecule has 0 aliphatic carbocycles. The number of imidazole rings is 1. The van der Waals surface area contributed by atoms with Crippen molar-refractivity contribution in [3.8, 4) is 34.5 Å². The summed E-state index contributed by atoms with van der Waals surface area (Å²) in [5.41, 5.74) is 4.52. The molecule has 0 radical (unpaired) electrons. The van der Waals surface area contributed by atoms with E-state index in [0.717, 1.165) is 39.0 Å². The van der Waals surface area contributed by atoms with E-state index in [2.05, 4.69) is 11.1 Å². The third kappa shape index (κ3) is 2.83. The first-order valence-electron chi connectivity index (χ1n) is 8.32. The minimum atomic E-state index is 0.278. The van der Waals surface area contributed by atoms with E-state index in [4.69, 9.17) is 9.72 Å². The van der Waals surface area contributed by atoms with Crippen molar-refractivity contribution in [3.63, 3.8) is 0 Å². The lowest BCUT2D eigenvalue weighted by Crippen LogP contribution is -1.96. The summed E-state index contributed by atoms with van der Waals surface area (Å²) in [4.78, 5) is 10.1. The first-order valence-corrected chi connectivity index (χ1v) is 9.20. The molecule has 0 bridgehead atoms. The Kier molecular flexibility index (Phi) is 4.38. The predicted octanol–water partition coefficient (Wildman–Crippen LogP) is 4.59. The van der Waals surface area contributed by atoms with E-state index in [0.29, 0.717) is 6.61 Å². The summed E-state index contributed by atoms with van der Waals surface area (Å²) < 4.78 is 7.55. The van der Waals surface area contributed by atoms with Crippen LogP contribution in [0, 0.1) is 11.3 Å². The minimum absolute atomic E-state index is 0.278. The van der Waals surface area contributed by atoms with Gasteiger partial charge in [0.2, 0.25) is 0 Å². The van der Waals surface area contributed by atoms with Crippen molar-refractivity contribution in [3.05, 3.63) is 59.7 Å². The molecule has 0 aliphatic rings. The summed E-state index contributed by atoms with van der Waals surface area (Å²) in [5.74, 6) is 0.827. The number of benzene rings is 1. The van der Waals surface area contributed by atoms with Crippen LogP contribution in [-0.2, 0) is 6.42 Å². The number of aromatic nitrogens is 3. The van der Waals surface area contributed by atoms with Crippen LogP contribution in [0.1, 0.15) is 12.6 Å². The molecule has 6 heteroatoms. The largest absolute Gasteiger partial charge is 0.494 e. The quantitative estimate of drug-likeness (QED) is 0.522. The van der Waals surface area contributed by atoms with Crippen LogP contribution < -0.4 is 4.74 Å². The summed E-state index contributed by atoms with van der Waals surface area (Å²) in [7, 11) is 0. The molecular weight excluding hydrogens is 344 g/mol. The van der Waals surface area contributed by atoms with E-state index in [1.54, 1.807) is 17.5 Å². The van der Waals surface area contributed by atoms with Crippen LogP contribution in [0.3, 0.4) is 0 Å². The molecule has 0 unspecified atom stereocenters. The third-order valence-electron chi connectivity index (χ3n) is 4.07. The van der Waals surface area contributed by atoms with E-state index < -0.39 is 0 Å².